The van der Waals surface area contributed by atoms with Gasteiger partial charge in [0.2, 0.25) is 0 Å². The SMILES string of the molecule is C=C1C(=O)OC(C(C)C)C1C(C)C. The molecule has 0 N–H and O–H groups in total. The van der Waals surface area contributed by atoms with E-state index < -0.39 is 0 Å². The number of hydrogen-bond donors (Lipinski definition) is 0. The molecule has 0 aromatic rings. The Morgan fingerprint density at radius 2 is 1.77 bits per heavy atom. The van der Waals surface area contributed by atoms with Gasteiger partial charge < -0.3 is 4.74 Å². The van der Waals surface area contributed by atoms with Crippen LogP contribution in [0, 0.1) is 17.8 Å². The van der Waals surface area contributed by atoms with Gasteiger partial charge in [0.05, 0.1) is 0 Å². The predicted molar refractivity (Wildman–Crippen MR) is 52.2 cm³/mol. The Bertz CT molecular complexity index is 228. The molecule has 2 nitrogen and oxygen atoms in total. The van der Waals surface area contributed by atoms with Crippen molar-refractivity contribution < 1.29 is 9.53 Å². The number of ether oxygens (including phenoxy) is 1. The van der Waals surface area contributed by atoms with Crippen molar-refractivity contribution in [3.8, 4) is 0 Å². The largest absolute Gasteiger partial charge is 0.458 e. The number of hydrogen-bond acceptors (Lipinski definition) is 2. The van der Waals surface area contributed by atoms with Crippen molar-refractivity contribution in [2.75, 3.05) is 0 Å². The minimum atomic E-state index is -0.211. The van der Waals surface area contributed by atoms with Crippen LogP contribution in [0.5, 0.6) is 0 Å². The van der Waals surface area contributed by atoms with E-state index in [2.05, 4.69) is 34.3 Å². The third kappa shape index (κ3) is 1.77. The van der Waals surface area contributed by atoms with Crippen LogP contribution in [0.1, 0.15) is 27.7 Å². The van der Waals surface area contributed by atoms with Crippen LogP contribution in [0.3, 0.4) is 0 Å². The van der Waals surface area contributed by atoms with Gasteiger partial charge in [-0.1, -0.05) is 34.3 Å². The minimum Gasteiger partial charge on any atom is -0.458 e. The molecule has 1 aliphatic heterocycles. The fraction of sp³-hybridized carbons (Fsp3) is 0.727. The highest BCUT2D eigenvalue weighted by atomic mass is 16.6. The molecule has 0 aliphatic carbocycles. The van der Waals surface area contributed by atoms with Crippen molar-refractivity contribution in [3.05, 3.63) is 12.2 Å². The maximum absolute atomic E-state index is 11.3. The Morgan fingerprint density at radius 3 is 2.08 bits per heavy atom. The average molecular weight is 182 g/mol. The van der Waals surface area contributed by atoms with Crippen LogP contribution in [-0.4, -0.2) is 12.1 Å². The van der Waals surface area contributed by atoms with Gasteiger partial charge in [-0.3, -0.25) is 0 Å². The average Bonchev–Trinajstić information content (AvgIpc) is 2.28. The first-order valence-electron chi connectivity index (χ1n) is 4.85. The summed E-state index contributed by atoms with van der Waals surface area (Å²) in [5.74, 6) is 0.784. The lowest BCUT2D eigenvalue weighted by molar-refractivity contribution is -0.141. The number of rotatable bonds is 2. The Hall–Kier alpha value is -0.790. The first kappa shape index (κ1) is 10.3. The topological polar surface area (TPSA) is 26.3 Å². The van der Waals surface area contributed by atoms with Crippen molar-refractivity contribution in [2.45, 2.75) is 33.8 Å². The molecular formula is C11H18O2. The summed E-state index contributed by atoms with van der Waals surface area (Å²) >= 11 is 0. The van der Waals surface area contributed by atoms with Crippen LogP contribution >= 0.6 is 0 Å². The van der Waals surface area contributed by atoms with Gasteiger partial charge in [-0.15, -0.1) is 0 Å². The van der Waals surface area contributed by atoms with Crippen LogP contribution in [-0.2, 0) is 9.53 Å². The van der Waals surface area contributed by atoms with Gasteiger partial charge in [0, 0.05) is 11.5 Å². The van der Waals surface area contributed by atoms with Crippen LogP contribution in [0.15, 0.2) is 12.2 Å². The lowest BCUT2D eigenvalue weighted by atomic mass is 9.82. The lowest BCUT2D eigenvalue weighted by Gasteiger charge is -2.23. The van der Waals surface area contributed by atoms with Gasteiger partial charge in [-0.05, 0) is 11.8 Å². The van der Waals surface area contributed by atoms with E-state index in [4.69, 9.17) is 4.74 Å². The summed E-state index contributed by atoms with van der Waals surface area (Å²) in [5.41, 5.74) is 0.647. The van der Waals surface area contributed by atoms with E-state index in [-0.39, 0.29) is 18.0 Å². The van der Waals surface area contributed by atoms with Crippen LogP contribution in [0.25, 0.3) is 0 Å². The first-order chi connectivity index (χ1) is 5.95. The second kappa shape index (κ2) is 3.52. The highest BCUT2D eigenvalue weighted by Gasteiger charge is 2.41. The zero-order chi connectivity index (χ0) is 10.2. The molecule has 1 fully saturated rings. The molecule has 0 saturated carbocycles. The van der Waals surface area contributed by atoms with Gasteiger partial charge in [0.1, 0.15) is 6.10 Å². The monoisotopic (exact) mass is 182 g/mol. The van der Waals surface area contributed by atoms with E-state index in [0.717, 1.165) is 0 Å². The second-order valence-electron chi connectivity index (χ2n) is 4.41. The number of cyclic esters (lactones) is 1. The van der Waals surface area contributed by atoms with E-state index >= 15 is 0 Å². The maximum atomic E-state index is 11.3. The number of carbonyl (C=O) groups excluding carboxylic acids is 1. The van der Waals surface area contributed by atoms with Crippen LogP contribution in [0.4, 0.5) is 0 Å². The van der Waals surface area contributed by atoms with E-state index in [1.165, 1.54) is 0 Å². The van der Waals surface area contributed by atoms with E-state index in [1.807, 2.05) is 0 Å². The summed E-state index contributed by atoms with van der Waals surface area (Å²) in [6.07, 6.45) is 0.0278. The molecule has 2 atom stereocenters. The summed E-state index contributed by atoms with van der Waals surface area (Å²) in [5, 5.41) is 0. The van der Waals surface area contributed by atoms with E-state index in [9.17, 15) is 4.79 Å². The number of carbonyl (C=O) groups is 1. The molecule has 74 valence electrons. The molecule has 1 saturated heterocycles. The van der Waals surface area contributed by atoms with Crippen molar-refractivity contribution >= 4 is 5.97 Å². The molecule has 2 heteroatoms. The van der Waals surface area contributed by atoms with Gasteiger partial charge in [-0.2, -0.15) is 0 Å². The highest BCUT2D eigenvalue weighted by molar-refractivity contribution is 5.90. The molecule has 0 spiro atoms. The maximum Gasteiger partial charge on any atom is 0.334 e. The van der Waals surface area contributed by atoms with Crippen molar-refractivity contribution in [3.63, 3.8) is 0 Å². The van der Waals surface area contributed by atoms with E-state index in [0.29, 0.717) is 17.4 Å². The summed E-state index contributed by atoms with van der Waals surface area (Å²) in [4.78, 5) is 11.3. The van der Waals surface area contributed by atoms with Gasteiger partial charge in [0.15, 0.2) is 0 Å². The van der Waals surface area contributed by atoms with Crippen molar-refractivity contribution in [2.24, 2.45) is 17.8 Å². The van der Waals surface area contributed by atoms with Gasteiger partial charge in [-0.25, -0.2) is 4.79 Å². The van der Waals surface area contributed by atoms with Crippen LogP contribution < -0.4 is 0 Å². The summed E-state index contributed by atoms with van der Waals surface area (Å²) in [6, 6.07) is 0. The fourth-order valence-electron chi connectivity index (χ4n) is 1.94. The van der Waals surface area contributed by atoms with Gasteiger partial charge >= 0.3 is 5.97 Å². The Balaban J connectivity index is 2.87. The highest BCUT2D eigenvalue weighted by Crippen LogP contribution is 2.36. The summed E-state index contributed by atoms with van der Waals surface area (Å²) in [7, 11) is 0. The smallest absolute Gasteiger partial charge is 0.334 e. The second-order valence-corrected chi connectivity index (χ2v) is 4.41. The molecule has 13 heavy (non-hydrogen) atoms. The van der Waals surface area contributed by atoms with Crippen molar-refractivity contribution in [1.82, 2.24) is 0 Å². The Labute approximate surface area is 80.0 Å². The van der Waals surface area contributed by atoms with Crippen molar-refractivity contribution in [1.29, 1.82) is 0 Å². The molecule has 1 heterocycles. The van der Waals surface area contributed by atoms with Crippen LogP contribution in [0.2, 0.25) is 0 Å². The molecule has 0 radical (unpaired) electrons. The predicted octanol–water partition coefficient (Wildman–Crippen LogP) is 2.40. The molecule has 0 aromatic heterocycles. The third-order valence-corrected chi connectivity index (χ3v) is 2.64. The normalized spacial score (nSPS) is 28.8. The zero-order valence-electron chi connectivity index (χ0n) is 8.83. The third-order valence-electron chi connectivity index (χ3n) is 2.64. The fourth-order valence-corrected chi connectivity index (χ4v) is 1.94. The molecule has 0 amide bonds. The number of esters is 1. The molecule has 0 aromatic carbocycles. The molecule has 0 bridgehead atoms. The molecule has 1 rings (SSSR count). The molecular weight excluding hydrogens is 164 g/mol. The Kier molecular flexibility index (Phi) is 2.79. The molecule has 2 unspecified atom stereocenters. The van der Waals surface area contributed by atoms with E-state index in [1.54, 1.807) is 0 Å². The quantitative estimate of drug-likeness (QED) is 0.484. The zero-order valence-corrected chi connectivity index (χ0v) is 8.83. The summed E-state index contributed by atoms with van der Waals surface area (Å²) < 4.78 is 5.27. The molecule has 1 aliphatic rings. The Morgan fingerprint density at radius 1 is 1.23 bits per heavy atom. The lowest BCUT2D eigenvalue weighted by Crippen LogP contribution is -2.26. The first-order valence-corrected chi connectivity index (χ1v) is 4.85. The van der Waals surface area contributed by atoms with Gasteiger partial charge in [0.25, 0.3) is 0 Å². The minimum absolute atomic E-state index is 0.0278. The summed E-state index contributed by atoms with van der Waals surface area (Å²) in [6.45, 7) is 12.2. The standard InChI is InChI=1S/C11H18O2/c1-6(2)9-8(5)11(12)13-10(9)7(3)4/h6-7,9-10H,5H2,1-4H3.